The number of carboxylic acids is 1. The van der Waals surface area contributed by atoms with Gasteiger partial charge in [-0.25, -0.2) is 0 Å². The third-order valence-electron chi connectivity index (χ3n) is 1.52. The number of nitrogens with two attached hydrogens (primary N) is 3. The molecule has 7 N–H and O–H groups in total. The van der Waals surface area contributed by atoms with Crippen molar-refractivity contribution in [3.8, 4) is 0 Å². The van der Waals surface area contributed by atoms with Gasteiger partial charge >= 0.3 is 5.97 Å². The molecule has 0 aliphatic carbocycles. The van der Waals surface area contributed by atoms with E-state index in [0.29, 0.717) is 25.8 Å². The Balaban J connectivity index is 3.43. The van der Waals surface area contributed by atoms with Crippen molar-refractivity contribution in [2.75, 3.05) is 6.54 Å². The lowest BCUT2D eigenvalue weighted by molar-refractivity contribution is -0.138. The van der Waals surface area contributed by atoms with E-state index in [4.69, 9.17) is 18.0 Å². The molecule has 13 heavy (non-hydrogen) atoms. The molecule has 0 aromatic carbocycles. The van der Waals surface area contributed by atoms with Gasteiger partial charge in [0.05, 0.1) is 0 Å². The molecule has 0 rings (SSSR count). The van der Waals surface area contributed by atoms with Crippen LogP contribution in [0.15, 0.2) is 4.99 Å². The molecular formula is C7H16N4O2. The molecule has 0 aromatic heterocycles. The van der Waals surface area contributed by atoms with Crippen LogP contribution < -0.4 is 17.2 Å². The zero-order valence-corrected chi connectivity index (χ0v) is 7.36. The molecule has 0 radical (unpaired) electrons. The first-order valence-corrected chi connectivity index (χ1v) is 4.04. The van der Waals surface area contributed by atoms with Crippen LogP contribution in [0, 0.1) is 0 Å². The van der Waals surface area contributed by atoms with Crippen LogP contribution in [0.2, 0.25) is 1.41 Å². The first kappa shape index (κ1) is 9.79. The second kappa shape index (κ2) is 6.24. The zero-order chi connectivity index (χ0) is 11.0. The van der Waals surface area contributed by atoms with Crippen LogP contribution in [-0.2, 0) is 4.79 Å². The maximum atomic E-state index is 10.3. The predicted molar refractivity (Wildman–Crippen MR) is 50.1 cm³/mol. The Hall–Kier alpha value is -1.30. The van der Waals surface area contributed by atoms with Crippen LogP contribution in [0.3, 0.4) is 0 Å². The van der Waals surface area contributed by atoms with E-state index in [1.165, 1.54) is 0 Å². The van der Waals surface area contributed by atoms with Gasteiger partial charge in [-0.2, -0.15) is 0 Å². The number of nitrogens with zero attached hydrogens (tertiary/aromatic N) is 1. The summed E-state index contributed by atoms with van der Waals surface area (Å²) in [5, 5.41) is 8.46. The van der Waals surface area contributed by atoms with Gasteiger partial charge in [-0.05, 0) is 19.3 Å². The summed E-state index contributed by atoms with van der Waals surface area (Å²) in [6.07, 6.45) is 1.82. The summed E-state index contributed by atoms with van der Waals surface area (Å²) in [5.74, 6) is -0.923. The Labute approximate surface area is 78.3 Å². The van der Waals surface area contributed by atoms with Gasteiger partial charge in [-0.15, -0.1) is 0 Å². The topological polar surface area (TPSA) is 128 Å². The second-order valence-electron chi connectivity index (χ2n) is 2.71. The fourth-order valence-electron chi connectivity index (χ4n) is 0.799. The highest BCUT2D eigenvalue weighted by atomic mass is 16.4. The molecule has 0 heterocycles. The van der Waals surface area contributed by atoms with Crippen LogP contribution in [0.25, 0.3) is 0 Å². The smallest absolute Gasteiger partial charge is 0.320 e. The molecule has 6 nitrogen and oxygen atoms in total. The van der Waals surface area contributed by atoms with Gasteiger partial charge in [-0.3, -0.25) is 9.79 Å². The number of hydrogen-bond donors (Lipinski definition) is 4. The number of hydrogen-bond acceptors (Lipinski definition) is 3. The van der Waals surface area contributed by atoms with Crippen molar-refractivity contribution in [1.82, 2.24) is 0 Å². The minimum atomic E-state index is -0.985. The lowest BCUT2D eigenvalue weighted by Gasteiger charge is -2.04. The Kier molecular flexibility index (Phi) is 4.70. The molecule has 0 saturated heterocycles. The number of unbranched alkanes of at least 4 members (excludes halogenated alkanes) is 1. The van der Waals surface area contributed by atoms with E-state index in [9.17, 15) is 4.79 Å². The van der Waals surface area contributed by atoms with E-state index in [-0.39, 0.29) is 5.96 Å². The van der Waals surface area contributed by atoms with Crippen LogP contribution >= 0.6 is 0 Å². The number of carboxylic acid groups (broad SMARTS) is 1. The minimum absolute atomic E-state index is 0.0625. The molecule has 6 heteroatoms. The molecule has 0 unspecified atom stereocenters. The van der Waals surface area contributed by atoms with E-state index in [0.717, 1.165) is 0 Å². The SMILES string of the molecule is [2H]NC(N)=NCCCC[C@H](N)C(=O)O. The number of rotatable bonds is 6. The van der Waals surface area contributed by atoms with Crippen LogP contribution in [0.1, 0.15) is 19.3 Å². The summed E-state index contributed by atoms with van der Waals surface area (Å²) in [4.78, 5) is 14.1. The van der Waals surface area contributed by atoms with Crippen molar-refractivity contribution in [2.24, 2.45) is 22.2 Å². The maximum absolute atomic E-state index is 10.3. The van der Waals surface area contributed by atoms with Crippen molar-refractivity contribution < 1.29 is 11.3 Å². The Morgan fingerprint density at radius 2 is 2.31 bits per heavy atom. The molecular weight excluding hydrogens is 172 g/mol. The number of guanidine groups is 1. The van der Waals surface area contributed by atoms with Gasteiger partial charge in [-0.1, -0.05) is 0 Å². The third kappa shape index (κ3) is 7.07. The standard InChI is InChI=1S/C7H16N4O2/c8-5(6(12)13)3-1-2-4-11-7(9)10/h5H,1-4,8H2,(H,12,13)(H4,9,10,11)/t5-/m0/s1/i/hD. The average Bonchev–Trinajstić information content (AvgIpc) is 2.16. The summed E-state index contributed by atoms with van der Waals surface area (Å²) in [5.41, 5.74) is 12.4. The lowest BCUT2D eigenvalue weighted by atomic mass is 10.1. The van der Waals surface area contributed by atoms with Gasteiger partial charge in [0, 0.05) is 6.54 Å². The van der Waals surface area contributed by atoms with Gasteiger partial charge in [0.2, 0.25) is 0 Å². The predicted octanol–water partition coefficient (Wildman–Crippen LogP) is -1.16. The lowest BCUT2D eigenvalue weighted by Crippen LogP contribution is -2.29. The highest BCUT2D eigenvalue weighted by Crippen LogP contribution is 1.99. The summed E-state index contributed by atoms with van der Waals surface area (Å²) in [6, 6.07) is -0.800. The summed E-state index contributed by atoms with van der Waals surface area (Å²) >= 11 is 0. The number of carbonyl (C=O) groups is 1. The van der Waals surface area contributed by atoms with Gasteiger partial charge in [0.1, 0.15) is 6.04 Å². The van der Waals surface area contributed by atoms with E-state index in [2.05, 4.69) is 4.99 Å². The largest absolute Gasteiger partial charge is 0.480 e. The molecule has 0 bridgehead atoms. The Morgan fingerprint density at radius 3 is 2.85 bits per heavy atom. The highest BCUT2D eigenvalue weighted by Gasteiger charge is 2.09. The zero-order valence-electron chi connectivity index (χ0n) is 8.36. The third-order valence-corrected chi connectivity index (χ3v) is 1.52. The van der Waals surface area contributed by atoms with Gasteiger partial charge < -0.3 is 22.3 Å². The molecule has 0 amide bonds. The Bertz CT molecular complexity index is 210. The quantitative estimate of drug-likeness (QED) is 0.238. The normalized spacial score (nSPS) is 14.8. The van der Waals surface area contributed by atoms with E-state index >= 15 is 0 Å². The molecule has 0 saturated carbocycles. The fraction of sp³-hybridized carbons (Fsp3) is 0.714. The molecule has 0 aliphatic heterocycles. The summed E-state index contributed by atoms with van der Waals surface area (Å²) in [7, 11) is 0. The van der Waals surface area contributed by atoms with E-state index in [1.54, 1.807) is 0 Å². The molecule has 1 atom stereocenters. The number of aliphatic imine (C=N–C) groups is 1. The van der Waals surface area contributed by atoms with Crippen molar-refractivity contribution in [2.45, 2.75) is 25.3 Å². The Morgan fingerprint density at radius 1 is 1.62 bits per heavy atom. The van der Waals surface area contributed by atoms with Crippen molar-refractivity contribution in [3.63, 3.8) is 0 Å². The monoisotopic (exact) mass is 189 g/mol. The van der Waals surface area contributed by atoms with Gasteiger partial charge in [0.25, 0.3) is 0 Å². The van der Waals surface area contributed by atoms with Gasteiger partial charge in [0.15, 0.2) is 7.37 Å². The second-order valence-corrected chi connectivity index (χ2v) is 2.71. The van der Waals surface area contributed by atoms with E-state index < -0.39 is 12.0 Å². The van der Waals surface area contributed by atoms with Crippen LogP contribution in [0.5, 0.6) is 0 Å². The highest BCUT2D eigenvalue weighted by molar-refractivity contribution is 5.75. The first-order chi connectivity index (χ1) is 6.57. The molecule has 0 aromatic rings. The van der Waals surface area contributed by atoms with Crippen molar-refractivity contribution in [3.05, 3.63) is 0 Å². The van der Waals surface area contributed by atoms with Crippen LogP contribution in [-0.4, -0.2) is 29.6 Å². The molecule has 0 spiro atoms. The van der Waals surface area contributed by atoms with Crippen molar-refractivity contribution >= 4 is 11.9 Å². The van der Waals surface area contributed by atoms with Crippen LogP contribution in [0.4, 0.5) is 0 Å². The maximum Gasteiger partial charge on any atom is 0.320 e. The summed E-state index contributed by atoms with van der Waals surface area (Å²) < 4.78 is 6.61. The molecule has 76 valence electrons. The molecule has 0 fully saturated rings. The minimum Gasteiger partial charge on any atom is -0.480 e. The first-order valence-electron chi connectivity index (χ1n) is 4.54. The van der Waals surface area contributed by atoms with Crippen molar-refractivity contribution in [1.29, 1.82) is 0 Å². The number of aliphatic carboxylic acids is 1. The van der Waals surface area contributed by atoms with E-state index in [1.807, 2.05) is 5.73 Å². The molecule has 0 aliphatic rings. The fourth-order valence-corrected chi connectivity index (χ4v) is 0.799. The summed E-state index contributed by atoms with van der Waals surface area (Å²) in [6.45, 7) is 0.476. The average molecular weight is 189 g/mol.